The summed E-state index contributed by atoms with van der Waals surface area (Å²) >= 11 is 0. The number of nitrogens with one attached hydrogen (secondary N) is 1. The fourth-order valence-electron chi connectivity index (χ4n) is 2.66. The second-order valence-corrected chi connectivity index (χ2v) is 5.35. The summed E-state index contributed by atoms with van der Waals surface area (Å²) in [6, 6.07) is 0. The van der Waals surface area contributed by atoms with Crippen molar-refractivity contribution in [2.45, 2.75) is 45.4 Å². The minimum atomic E-state index is 1.00. The molecule has 1 aromatic rings. The molecular weight excluding hydrogens is 236 g/mol. The molecule has 1 aliphatic carbocycles. The molecule has 106 valence electrons. The van der Waals surface area contributed by atoms with E-state index in [1.54, 1.807) is 6.33 Å². The van der Waals surface area contributed by atoms with E-state index in [4.69, 9.17) is 0 Å². The van der Waals surface area contributed by atoms with Crippen molar-refractivity contribution in [1.82, 2.24) is 15.3 Å². The van der Waals surface area contributed by atoms with Gasteiger partial charge < -0.3 is 10.2 Å². The lowest BCUT2D eigenvalue weighted by atomic mass is 10.1. The van der Waals surface area contributed by atoms with Crippen LogP contribution in [0.2, 0.25) is 0 Å². The smallest absolute Gasteiger partial charge is 0.135 e. The molecule has 0 aromatic carbocycles. The van der Waals surface area contributed by atoms with Gasteiger partial charge in [0.05, 0.1) is 0 Å². The molecule has 0 amide bonds. The van der Waals surface area contributed by atoms with E-state index in [-0.39, 0.29) is 0 Å². The van der Waals surface area contributed by atoms with Gasteiger partial charge in [0.15, 0.2) is 0 Å². The molecule has 0 spiro atoms. The first-order valence-corrected chi connectivity index (χ1v) is 7.57. The minimum absolute atomic E-state index is 1.00. The maximum atomic E-state index is 4.52. The summed E-state index contributed by atoms with van der Waals surface area (Å²) < 4.78 is 0. The van der Waals surface area contributed by atoms with E-state index in [9.17, 15) is 0 Å². The zero-order chi connectivity index (χ0) is 13.5. The first-order valence-electron chi connectivity index (χ1n) is 7.57. The maximum absolute atomic E-state index is 4.52. The average Bonchev–Trinajstić information content (AvgIpc) is 2.68. The van der Waals surface area contributed by atoms with Gasteiger partial charge in [-0.2, -0.15) is 0 Å². The second kappa shape index (κ2) is 7.43. The molecule has 0 unspecified atom stereocenters. The number of aryl methyl sites for hydroxylation is 1. The van der Waals surface area contributed by atoms with Gasteiger partial charge in [0.2, 0.25) is 0 Å². The van der Waals surface area contributed by atoms with Crippen LogP contribution < -0.4 is 10.2 Å². The van der Waals surface area contributed by atoms with E-state index in [1.165, 1.54) is 36.9 Å². The molecule has 1 N–H and O–H groups in total. The summed E-state index contributed by atoms with van der Waals surface area (Å²) in [6.45, 7) is 5.31. The van der Waals surface area contributed by atoms with Crippen molar-refractivity contribution < 1.29 is 0 Å². The van der Waals surface area contributed by atoms with Crippen LogP contribution in [0.1, 0.15) is 43.9 Å². The topological polar surface area (TPSA) is 41.0 Å². The highest BCUT2D eigenvalue weighted by atomic mass is 15.2. The highest BCUT2D eigenvalue weighted by Gasteiger charge is 2.16. The third-order valence-corrected chi connectivity index (χ3v) is 3.76. The van der Waals surface area contributed by atoms with E-state index < -0.39 is 0 Å². The predicted octanol–water partition coefficient (Wildman–Crippen LogP) is 2.18. The summed E-state index contributed by atoms with van der Waals surface area (Å²) in [5.41, 5.74) is 2.66. The van der Waals surface area contributed by atoms with Crippen LogP contribution in [-0.4, -0.2) is 36.6 Å². The summed E-state index contributed by atoms with van der Waals surface area (Å²) in [5.74, 6) is 1.14. The van der Waals surface area contributed by atoms with Gasteiger partial charge in [-0.05, 0) is 38.6 Å². The average molecular weight is 262 g/mol. The fourth-order valence-corrected chi connectivity index (χ4v) is 2.66. The Morgan fingerprint density at radius 2 is 2.00 bits per heavy atom. The molecule has 1 aromatic heterocycles. The number of rotatable bonds is 6. The summed E-state index contributed by atoms with van der Waals surface area (Å²) in [7, 11) is 2.14. The number of nitrogens with zero attached hydrogens (tertiary/aromatic N) is 3. The Kier molecular flexibility index (Phi) is 5.58. The van der Waals surface area contributed by atoms with Crippen LogP contribution in [0.25, 0.3) is 0 Å². The van der Waals surface area contributed by atoms with Crippen molar-refractivity contribution in [3.8, 4) is 0 Å². The zero-order valence-electron chi connectivity index (χ0n) is 12.3. The van der Waals surface area contributed by atoms with Crippen LogP contribution >= 0.6 is 0 Å². The predicted molar refractivity (Wildman–Crippen MR) is 79.7 cm³/mol. The van der Waals surface area contributed by atoms with Crippen molar-refractivity contribution in [1.29, 1.82) is 0 Å². The van der Waals surface area contributed by atoms with Crippen LogP contribution in [-0.2, 0) is 12.8 Å². The highest BCUT2D eigenvalue weighted by molar-refractivity contribution is 5.48. The second-order valence-electron chi connectivity index (χ2n) is 5.35. The van der Waals surface area contributed by atoms with Crippen molar-refractivity contribution in [2.75, 3.05) is 31.6 Å². The van der Waals surface area contributed by atoms with Gasteiger partial charge in [0.25, 0.3) is 0 Å². The molecule has 0 saturated heterocycles. The fraction of sp³-hybridized carbons (Fsp3) is 0.733. The zero-order valence-corrected chi connectivity index (χ0v) is 12.3. The van der Waals surface area contributed by atoms with Gasteiger partial charge in [-0.3, -0.25) is 0 Å². The molecule has 1 aliphatic rings. The van der Waals surface area contributed by atoms with Gasteiger partial charge in [0.1, 0.15) is 12.1 Å². The molecular formula is C15H26N4. The molecule has 1 heterocycles. The van der Waals surface area contributed by atoms with Crippen molar-refractivity contribution in [2.24, 2.45) is 0 Å². The lowest BCUT2D eigenvalue weighted by Crippen LogP contribution is -2.31. The molecule has 0 bridgehead atoms. The normalized spacial score (nSPS) is 14.8. The first kappa shape index (κ1) is 14.3. The number of likely N-dealkylation sites (N-methyl/N-ethyl adjacent to an activating group) is 1. The van der Waals surface area contributed by atoms with Gasteiger partial charge in [-0.15, -0.1) is 0 Å². The molecule has 0 aliphatic heterocycles. The number of fused-ring (bicyclic) bond motifs is 1. The van der Waals surface area contributed by atoms with Crippen LogP contribution in [0, 0.1) is 0 Å². The Balaban J connectivity index is 2.02. The number of aromatic nitrogens is 2. The monoisotopic (exact) mass is 262 g/mol. The Hall–Kier alpha value is -1.16. The summed E-state index contributed by atoms with van der Waals surface area (Å²) in [6.07, 6.45) is 9.03. The van der Waals surface area contributed by atoms with Crippen LogP contribution in [0.4, 0.5) is 5.82 Å². The Morgan fingerprint density at radius 1 is 1.16 bits per heavy atom. The first-order chi connectivity index (χ1) is 9.33. The van der Waals surface area contributed by atoms with Crippen molar-refractivity contribution >= 4 is 5.82 Å². The van der Waals surface area contributed by atoms with Gasteiger partial charge in [-0.25, -0.2) is 9.97 Å². The van der Waals surface area contributed by atoms with Gasteiger partial charge >= 0.3 is 0 Å². The highest BCUT2D eigenvalue weighted by Crippen LogP contribution is 2.25. The van der Waals surface area contributed by atoms with E-state index in [1.807, 2.05) is 0 Å². The van der Waals surface area contributed by atoms with Gasteiger partial charge in [-0.1, -0.05) is 13.3 Å². The molecule has 0 saturated carbocycles. The number of hydrogen-bond acceptors (Lipinski definition) is 4. The molecule has 0 atom stereocenters. The molecule has 0 radical (unpaired) electrons. The molecule has 19 heavy (non-hydrogen) atoms. The molecule has 2 rings (SSSR count). The Bertz CT molecular complexity index is 392. The Labute approximate surface area is 116 Å². The number of hydrogen-bond donors (Lipinski definition) is 1. The Morgan fingerprint density at radius 3 is 2.84 bits per heavy atom. The van der Waals surface area contributed by atoms with E-state index >= 15 is 0 Å². The minimum Gasteiger partial charge on any atom is -0.358 e. The van der Waals surface area contributed by atoms with Gasteiger partial charge in [0, 0.05) is 31.4 Å². The van der Waals surface area contributed by atoms with Crippen molar-refractivity contribution in [3.63, 3.8) is 0 Å². The van der Waals surface area contributed by atoms with Crippen molar-refractivity contribution in [3.05, 3.63) is 17.6 Å². The standard InChI is InChI=1S/C15H26N4/c1-3-9-16-10-11-19(2)15-13-7-5-4-6-8-14(13)17-12-18-15/h12,16H,3-11H2,1-2H3. The quantitative estimate of drug-likeness (QED) is 0.630. The summed E-state index contributed by atoms with van der Waals surface area (Å²) in [4.78, 5) is 11.3. The third kappa shape index (κ3) is 3.90. The van der Waals surface area contributed by atoms with Crippen LogP contribution in [0.5, 0.6) is 0 Å². The maximum Gasteiger partial charge on any atom is 0.135 e. The molecule has 4 nitrogen and oxygen atoms in total. The lowest BCUT2D eigenvalue weighted by molar-refractivity contribution is 0.661. The largest absolute Gasteiger partial charge is 0.358 e. The van der Waals surface area contributed by atoms with Crippen LogP contribution in [0.15, 0.2) is 6.33 Å². The van der Waals surface area contributed by atoms with E-state index in [2.05, 4.69) is 34.2 Å². The number of anilines is 1. The third-order valence-electron chi connectivity index (χ3n) is 3.76. The van der Waals surface area contributed by atoms with E-state index in [0.717, 1.165) is 38.3 Å². The SMILES string of the molecule is CCCNCCN(C)c1ncnc2c1CCCCC2. The molecule has 4 heteroatoms. The lowest BCUT2D eigenvalue weighted by Gasteiger charge is -2.22. The summed E-state index contributed by atoms with van der Waals surface area (Å²) in [5, 5.41) is 3.44. The van der Waals surface area contributed by atoms with E-state index in [0.29, 0.717) is 0 Å². The molecule has 0 fully saturated rings. The van der Waals surface area contributed by atoms with Crippen LogP contribution in [0.3, 0.4) is 0 Å².